The number of thiocarbonyl (C=S) groups is 1. The molecule has 0 radical (unpaired) electrons. The largest absolute Gasteiger partial charge is 0.491 e. The van der Waals surface area contributed by atoms with Gasteiger partial charge in [0.2, 0.25) is 0 Å². The zero-order valence-corrected chi connectivity index (χ0v) is 13.2. The van der Waals surface area contributed by atoms with Crippen molar-refractivity contribution in [2.24, 2.45) is 5.73 Å². The summed E-state index contributed by atoms with van der Waals surface area (Å²) in [6.07, 6.45) is 0.905. The molecule has 0 aromatic heterocycles. The number of hydrogen-bond acceptors (Lipinski definition) is 5. The lowest BCUT2D eigenvalue weighted by Gasteiger charge is -2.08. The van der Waals surface area contributed by atoms with E-state index < -0.39 is 0 Å². The highest BCUT2D eigenvalue weighted by Gasteiger charge is 1.98. The highest BCUT2D eigenvalue weighted by Crippen LogP contribution is 2.11. The second-order valence-corrected chi connectivity index (χ2v) is 4.75. The molecule has 1 rings (SSSR count). The summed E-state index contributed by atoms with van der Waals surface area (Å²) in [6.45, 7) is 3.60. The van der Waals surface area contributed by atoms with Crippen LogP contribution in [0, 0.1) is 0 Å². The van der Waals surface area contributed by atoms with Crippen molar-refractivity contribution in [1.29, 1.82) is 0 Å². The second-order valence-electron chi connectivity index (χ2n) is 4.31. The van der Waals surface area contributed by atoms with Gasteiger partial charge in [-0.2, -0.15) is 0 Å². The molecule has 1 aromatic rings. The monoisotopic (exact) mass is 313 g/mol. The van der Waals surface area contributed by atoms with Gasteiger partial charge in [0.05, 0.1) is 19.8 Å². The molecule has 0 heterocycles. The molecule has 5 nitrogen and oxygen atoms in total. The van der Waals surface area contributed by atoms with Crippen LogP contribution in [-0.4, -0.2) is 51.7 Å². The van der Waals surface area contributed by atoms with Gasteiger partial charge in [0.15, 0.2) is 0 Å². The minimum Gasteiger partial charge on any atom is -0.491 e. The van der Waals surface area contributed by atoms with Gasteiger partial charge in [0.25, 0.3) is 0 Å². The normalized spacial score (nSPS) is 10.5. The molecule has 0 bridgehead atoms. The van der Waals surface area contributed by atoms with Gasteiger partial charge >= 0.3 is 0 Å². The van der Waals surface area contributed by atoms with Gasteiger partial charge in [-0.25, -0.2) is 0 Å². The fourth-order valence-electron chi connectivity index (χ4n) is 1.56. The first-order chi connectivity index (χ1) is 10.2. The Kier molecular flexibility index (Phi) is 9.73. The summed E-state index contributed by atoms with van der Waals surface area (Å²) in [5, 5.41) is 0. The Morgan fingerprint density at radius 2 is 1.57 bits per heavy atom. The number of hydrogen-bond donors (Lipinski definition) is 1. The van der Waals surface area contributed by atoms with Crippen LogP contribution >= 0.6 is 12.2 Å². The maximum absolute atomic E-state index is 5.53. The Bertz CT molecular complexity index is 397. The summed E-state index contributed by atoms with van der Waals surface area (Å²) in [5.41, 5.74) is 6.35. The van der Waals surface area contributed by atoms with Crippen LogP contribution in [0.4, 0.5) is 0 Å². The maximum atomic E-state index is 5.53. The minimum absolute atomic E-state index is 0.385. The van der Waals surface area contributed by atoms with Crippen molar-refractivity contribution in [3.63, 3.8) is 0 Å². The van der Waals surface area contributed by atoms with Crippen LogP contribution in [0.15, 0.2) is 24.3 Å². The van der Waals surface area contributed by atoms with Crippen LogP contribution in [0.25, 0.3) is 0 Å². The van der Waals surface area contributed by atoms with Gasteiger partial charge < -0.3 is 24.7 Å². The van der Waals surface area contributed by atoms with Crippen molar-refractivity contribution in [3.05, 3.63) is 29.8 Å². The van der Waals surface area contributed by atoms with Crippen molar-refractivity contribution in [1.82, 2.24) is 0 Å². The standard InChI is InChI=1S/C15H23NO4S/c1-17-7-2-8-18-9-10-19-11-12-20-14-5-3-13(4-6-14)15(16)21/h3-6H,2,7-12H2,1H3,(H2,16,21). The molecule has 0 aliphatic rings. The summed E-state index contributed by atoms with van der Waals surface area (Å²) in [5.74, 6) is 0.773. The van der Waals surface area contributed by atoms with Gasteiger partial charge in [0, 0.05) is 25.9 Å². The third-order valence-electron chi connectivity index (χ3n) is 2.64. The Morgan fingerprint density at radius 3 is 2.19 bits per heavy atom. The van der Waals surface area contributed by atoms with E-state index in [0.717, 1.165) is 24.3 Å². The first kappa shape index (κ1) is 17.8. The fraction of sp³-hybridized carbons (Fsp3) is 0.533. The Balaban J connectivity index is 1.98. The molecule has 6 heteroatoms. The second kappa shape index (κ2) is 11.4. The topological polar surface area (TPSA) is 62.9 Å². The number of nitrogens with two attached hydrogens (primary N) is 1. The Labute approximate surface area is 131 Å². The number of rotatable bonds is 12. The molecule has 0 saturated heterocycles. The SMILES string of the molecule is COCCCOCCOCCOc1ccc(C(N)=S)cc1. The molecule has 0 atom stereocenters. The molecule has 0 fully saturated rings. The maximum Gasteiger partial charge on any atom is 0.119 e. The van der Waals surface area contributed by atoms with E-state index in [1.165, 1.54) is 0 Å². The van der Waals surface area contributed by atoms with Gasteiger partial charge in [-0.3, -0.25) is 0 Å². The minimum atomic E-state index is 0.385. The lowest BCUT2D eigenvalue weighted by atomic mass is 10.2. The van der Waals surface area contributed by atoms with E-state index >= 15 is 0 Å². The number of benzene rings is 1. The van der Waals surface area contributed by atoms with E-state index in [1.807, 2.05) is 24.3 Å². The smallest absolute Gasteiger partial charge is 0.119 e. The van der Waals surface area contributed by atoms with Crippen molar-refractivity contribution in [2.45, 2.75) is 6.42 Å². The van der Waals surface area contributed by atoms with Gasteiger partial charge in [-0.1, -0.05) is 12.2 Å². The van der Waals surface area contributed by atoms with Crippen molar-refractivity contribution in [3.8, 4) is 5.75 Å². The van der Waals surface area contributed by atoms with Crippen molar-refractivity contribution >= 4 is 17.2 Å². The van der Waals surface area contributed by atoms with E-state index in [2.05, 4.69) is 0 Å². The summed E-state index contributed by atoms with van der Waals surface area (Å²) >= 11 is 4.88. The molecule has 2 N–H and O–H groups in total. The van der Waals surface area contributed by atoms with Crippen LogP contribution in [0.5, 0.6) is 5.75 Å². The number of ether oxygens (including phenoxy) is 4. The quantitative estimate of drug-likeness (QED) is 0.469. The molecule has 0 aliphatic heterocycles. The van der Waals surface area contributed by atoms with Gasteiger partial charge in [-0.05, 0) is 30.7 Å². The predicted octanol–water partition coefficient (Wildman–Crippen LogP) is 1.77. The molecule has 21 heavy (non-hydrogen) atoms. The number of methoxy groups -OCH3 is 1. The van der Waals surface area contributed by atoms with E-state index in [1.54, 1.807) is 7.11 Å². The third kappa shape index (κ3) is 8.62. The molecule has 0 spiro atoms. The lowest BCUT2D eigenvalue weighted by Crippen LogP contribution is -2.12. The Morgan fingerprint density at radius 1 is 0.952 bits per heavy atom. The van der Waals surface area contributed by atoms with Crippen LogP contribution in [-0.2, 0) is 14.2 Å². The molecule has 0 unspecified atom stereocenters. The average molecular weight is 313 g/mol. The molecular formula is C15H23NO4S. The van der Waals surface area contributed by atoms with E-state index in [0.29, 0.717) is 38.0 Å². The zero-order valence-electron chi connectivity index (χ0n) is 12.4. The summed E-state index contributed by atoms with van der Waals surface area (Å²) in [7, 11) is 1.68. The fourth-order valence-corrected chi connectivity index (χ4v) is 1.70. The first-order valence-electron chi connectivity index (χ1n) is 6.91. The van der Waals surface area contributed by atoms with Crippen LogP contribution in [0.2, 0.25) is 0 Å². The molecular weight excluding hydrogens is 290 g/mol. The molecule has 0 amide bonds. The van der Waals surface area contributed by atoms with Crippen molar-refractivity contribution in [2.75, 3.05) is 46.8 Å². The van der Waals surface area contributed by atoms with E-state index in [4.69, 9.17) is 36.9 Å². The highest BCUT2D eigenvalue weighted by molar-refractivity contribution is 7.80. The highest BCUT2D eigenvalue weighted by atomic mass is 32.1. The molecule has 1 aromatic carbocycles. The van der Waals surface area contributed by atoms with Gasteiger partial charge in [0.1, 0.15) is 17.3 Å². The summed E-state index contributed by atoms with van der Waals surface area (Å²) < 4.78 is 21.2. The zero-order chi connectivity index (χ0) is 15.3. The van der Waals surface area contributed by atoms with Crippen LogP contribution in [0.1, 0.15) is 12.0 Å². The molecule has 0 saturated carbocycles. The predicted molar refractivity (Wildman–Crippen MR) is 86.0 cm³/mol. The first-order valence-corrected chi connectivity index (χ1v) is 7.32. The van der Waals surface area contributed by atoms with E-state index in [9.17, 15) is 0 Å². The van der Waals surface area contributed by atoms with Crippen molar-refractivity contribution < 1.29 is 18.9 Å². The Hall–Kier alpha value is -1.21. The lowest BCUT2D eigenvalue weighted by molar-refractivity contribution is 0.0304. The molecule has 118 valence electrons. The van der Waals surface area contributed by atoms with Crippen LogP contribution < -0.4 is 10.5 Å². The summed E-state index contributed by atoms with van der Waals surface area (Å²) in [6, 6.07) is 7.36. The molecule has 0 aliphatic carbocycles. The summed E-state index contributed by atoms with van der Waals surface area (Å²) in [4.78, 5) is 0.385. The van der Waals surface area contributed by atoms with E-state index in [-0.39, 0.29) is 0 Å². The third-order valence-corrected chi connectivity index (χ3v) is 2.88. The average Bonchev–Trinajstić information content (AvgIpc) is 2.49. The van der Waals surface area contributed by atoms with Gasteiger partial charge in [-0.15, -0.1) is 0 Å². The van der Waals surface area contributed by atoms with Crippen LogP contribution in [0.3, 0.4) is 0 Å².